The van der Waals surface area contributed by atoms with Gasteiger partial charge >= 0.3 is 0 Å². The Morgan fingerprint density at radius 2 is 2.12 bits per heavy atom. The first-order chi connectivity index (χ1) is 11.5. The van der Waals surface area contributed by atoms with Gasteiger partial charge in [0.15, 0.2) is 5.96 Å². The predicted molar refractivity (Wildman–Crippen MR) is 103 cm³/mol. The van der Waals surface area contributed by atoms with Crippen molar-refractivity contribution < 1.29 is 4.74 Å². The molecule has 1 N–H and O–H groups in total. The van der Waals surface area contributed by atoms with E-state index in [1.165, 1.54) is 11.3 Å². The minimum Gasteiger partial charge on any atom is -0.496 e. The molecule has 0 aliphatic carbocycles. The van der Waals surface area contributed by atoms with Crippen molar-refractivity contribution in [3.63, 3.8) is 0 Å². The van der Waals surface area contributed by atoms with Gasteiger partial charge in [-0.25, -0.2) is 0 Å². The summed E-state index contributed by atoms with van der Waals surface area (Å²) in [6.45, 7) is 1.59. The quantitative estimate of drug-likeness (QED) is 0.606. The molecule has 1 heterocycles. The maximum atomic E-state index is 5.40. The SMILES string of the molecule is CN=C(NCCc1ccccc1OC)N(C)Cc1cc(Br)cn1C. The summed E-state index contributed by atoms with van der Waals surface area (Å²) in [7, 11) is 7.60. The molecule has 0 saturated carbocycles. The molecule has 0 aliphatic heterocycles. The molecule has 1 aromatic carbocycles. The molecule has 6 heteroatoms. The van der Waals surface area contributed by atoms with Gasteiger partial charge in [0.2, 0.25) is 0 Å². The average molecular weight is 393 g/mol. The molecule has 0 atom stereocenters. The summed E-state index contributed by atoms with van der Waals surface area (Å²) in [6, 6.07) is 10.2. The first-order valence-electron chi connectivity index (χ1n) is 7.89. The number of ether oxygens (including phenoxy) is 1. The molecule has 0 radical (unpaired) electrons. The molecule has 0 fully saturated rings. The smallest absolute Gasteiger partial charge is 0.193 e. The number of methoxy groups -OCH3 is 1. The molecule has 1 aromatic heterocycles. The van der Waals surface area contributed by atoms with Crippen molar-refractivity contribution in [3.05, 3.63) is 52.3 Å². The monoisotopic (exact) mass is 392 g/mol. The lowest BCUT2D eigenvalue weighted by Gasteiger charge is -2.22. The molecule has 0 bridgehead atoms. The fraction of sp³-hybridized carbons (Fsp3) is 0.389. The highest BCUT2D eigenvalue weighted by molar-refractivity contribution is 9.10. The van der Waals surface area contributed by atoms with E-state index < -0.39 is 0 Å². The molecule has 0 unspecified atom stereocenters. The van der Waals surface area contributed by atoms with Gasteiger partial charge in [-0.05, 0) is 40.0 Å². The minimum absolute atomic E-state index is 0.788. The van der Waals surface area contributed by atoms with Crippen molar-refractivity contribution in [2.45, 2.75) is 13.0 Å². The maximum Gasteiger partial charge on any atom is 0.193 e. The number of rotatable bonds is 6. The molecular formula is C18H25BrN4O. The highest BCUT2D eigenvalue weighted by Gasteiger charge is 2.10. The molecular weight excluding hydrogens is 368 g/mol. The first-order valence-corrected chi connectivity index (χ1v) is 8.69. The van der Waals surface area contributed by atoms with Crippen LogP contribution in [0.3, 0.4) is 0 Å². The molecule has 2 aromatic rings. The maximum absolute atomic E-state index is 5.40. The van der Waals surface area contributed by atoms with Crippen molar-refractivity contribution >= 4 is 21.9 Å². The van der Waals surface area contributed by atoms with Gasteiger partial charge in [-0.15, -0.1) is 0 Å². The lowest BCUT2D eigenvalue weighted by molar-refractivity contribution is 0.409. The van der Waals surface area contributed by atoms with E-state index in [1.807, 2.05) is 39.3 Å². The Hall–Kier alpha value is -1.95. The molecule has 0 saturated heterocycles. The molecule has 130 valence electrons. The van der Waals surface area contributed by atoms with Crippen LogP contribution in [0, 0.1) is 0 Å². The number of hydrogen-bond acceptors (Lipinski definition) is 2. The molecule has 5 nitrogen and oxygen atoms in total. The number of nitrogens with one attached hydrogen (secondary N) is 1. The number of aromatic nitrogens is 1. The van der Waals surface area contributed by atoms with Crippen LogP contribution in [0.5, 0.6) is 5.75 Å². The Morgan fingerprint density at radius 1 is 1.38 bits per heavy atom. The zero-order chi connectivity index (χ0) is 17.5. The number of benzene rings is 1. The Kier molecular flexibility index (Phi) is 6.73. The molecule has 0 spiro atoms. The van der Waals surface area contributed by atoms with E-state index in [4.69, 9.17) is 4.74 Å². The van der Waals surface area contributed by atoms with E-state index in [9.17, 15) is 0 Å². The summed E-state index contributed by atoms with van der Waals surface area (Å²) in [4.78, 5) is 6.49. The molecule has 0 aliphatic rings. The van der Waals surface area contributed by atoms with Gasteiger partial charge in [-0.1, -0.05) is 18.2 Å². The van der Waals surface area contributed by atoms with Crippen molar-refractivity contribution in [1.82, 2.24) is 14.8 Å². The number of para-hydroxylation sites is 1. The Morgan fingerprint density at radius 3 is 2.75 bits per heavy atom. The largest absolute Gasteiger partial charge is 0.496 e. The summed E-state index contributed by atoms with van der Waals surface area (Å²) in [5, 5.41) is 3.41. The minimum atomic E-state index is 0.788. The third-order valence-electron chi connectivity index (χ3n) is 3.92. The van der Waals surface area contributed by atoms with E-state index in [1.54, 1.807) is 7.11 Å². The van der Waals surface area contributed by atoms with Crippen molar-refractivity contribution in [2.75, 3.05) is 27.7 Å². The fourth-order valence-corrected chi connectivity index (χ4v) is 3.22. The zero-order valence-electron chi connectivity index (χ0n) is 14.7. The number of aryl methyl sites for hydroxylation is 1. The van der Waals surface area contributed by atoms with E-state index >= 15 is 0 Å². The van der Waals surface area contributed by atoms with Gasteiger partial charge in [0.05, 0.1) is 13.7 Å². The number of hydrogen-bond donors (Lipinski definition) is 1. The van der Waals surface area contributed by atoms with Crippen LogP contribution in [0.1, 0.15) is 11.3 Å². The number of guanidine groups is 1. The number of halogens is 1. The van der Waals surface area contributed by atoms with E-state index in [-0.39, 0.29) is 0 Å². The zero-order valence-corrected chi connectivity index (χ0v) is 16.3. The first kappa shape index (κ1) is 18.4. The van der Waals surface area contributed by atoms with E-state index in [0.717, 1.165) is 35.7 Å². The second kappa shape index (κ2) is 8.78. The van der Waals surface area contributed by atoms with Gasteiger partial charge in [0.1, 0.15) is 5.75 Å². The summed E-state index contributed by atoms with van der Waals surface area (Å²) in [5.41, 5.74) is 2.41. The summed E-state index contributed by atoms with van der Waals surface area (Å²) < 4.78 is 8.60. The van der Waals surface area contributed by atoms with E-state index in [0.29, 0.717) is 0 Å². The van der Waals surface area contributed by atoms with Crippen LogP contribution in [0.25, 0.3) is 0 Å². The third-order valence-corrected chi connectivity index (χ3v) is 4.35. The van der Waals surface area contributed by atoms with Crippen LogP contribution in [0.4, 0.5) is 0 Å². The Labute approximate surface area is 152 Å². The van der Waals surface area contributed by atoms with Crippen LogP contribution >= 0.6 is 15.9 Å². The van der Waals surface area contributed by atoms with Gasteiger partial charge in [0, 0.05) is 44.1 Å². The molecule has 0 amide bonds. The van der Waals surface area contributed by atoms with Gasteiger partial charge in [-0.2, -0.15) is 0 Å². The van der Waals surface area contributed by atoms with Crippen molar-refractivity contribution in [3.8, 4) is 5.75 Å². The van der Waals surface area contributed by atoms with Crippen LogP contribution in [-0.2, 0) is 20.0 Å². The van der Waals surface area contributed by atoms with Crippen molar-refractivity contribution in [1.29, 1.82) is 0 Å². The normalized spacial score (nSPS) is 11.5. The Balaban J connectivity index is 1.91. The second-order valence-electron chi connectivity index (χ2n) is 5.65. The summed E-state index contributed by atoms with van der Waals surface area (Å²) >= 11 is 3.51. The van der Waals surface area contributed by atoms with Gasteiger partial charge < -0.3 is 19.5 Å². The number of aliphatic imine (C=N–C) groups is 1. The van der Waals surface area contributed by atoms with Gasteiger partial charge in [0.25, 0.3) is 0 Å². The van der Waals surface area contributed by atoms with Crippen molar-refractivity contribution in [2.24, 2.45) is 12.0 Å². The van der Waals surface area contributed by atoms with Crippen LogP contribution in [-0.4, -0.2) is 43.2 Å². The summed E-state index contributed by atoms with van der Waals surface area (Å²) in [5.74, 6) is 1.80. The second-order valence-corrected chi connectivity index (χ2v) is 6.57. The fourth-order valence-electron chi connectivity index (χ4n) is 2.64. The molecule has 2 rings (SSSR count). The Bertz CT molecular complexity index is 696. The lowest BCUT2D eigenvalue weighted by atomic mass is 10.1. The van der Waals surface area contributed by atoms with Gasteiger partial charge in [-0.3, -0.25) is 4.99 Å². The third kappa shape index (κ3) is 4.77. The highest BCUT2D eigenvalue weighted by atomic mass is 79.9. The molecule has 24 heavy (non-hydrogen) atoms. The lowest BCUT2D eigenvalue weighted by Crippen LogP contribution is -2.39. The average Bonchev–Trinajstić information content (AvgIpc) is 2.89. The standard InChI is InChI=1S/C18H25BrN4O/c1-20-18(23(3)13-16-11-15(19)12-22(16)2)21-10-9-14-7-5-6-8-17(14)24-4/h5-8,11-12H,9-10,13H2,1-4H3,(H,20,21). The highest BCUT2D eigenvalue weighted by Crippen LogP contribution is 2.17. The van der Waals surface area contributed by atoms with Crippen LogP contribution < -0.4 is 10.1 Å². The number of nitrogens with zero attached hydrogens (tertiary/aromatic N) is 3. The topological polar surface area (TPSA) is 41.8 Å². The van der Waals surface area contributed by atoms with E-state index in [2.05, 4.69) is 54.0 Å². The summed E-state index contributed by atoms with van der Waals surface area (Å²) in [6.07, 6.45) is 2.94. The van der Waals surface area contributed by atoms with Crippen LogP contribution in [0.2, 0.25) is 0 Å². The van der Waals surface area contributed by atoms with Crippen LogP contribution in [0.15, 0.2) is 46.0 Å². The predicted octanol–water partition coefficient (Wildman–Crippen LogP) is 3.05.